The maximum Gasteiger partial charge on any atom is 0.251 e. The standard InChI is InChI=1S/C17H20N4O3/c1-4-15-19-13(10-23-15)16-12-9-11(5-6-14(12)24-20-16)17(22)18-7-8-21(2)3/h5-6,9-10H,4,7-8H2,1-3H3,(H,18,22). The van der Waals surface area contributed by atoms with Crippen molar-refractivity contribution in [3.05, 3.63) is 35.9 Å². The fourth-order valence-corrected chi connectivity index (χ4v) is 2.34. The highest BCUT2D eigenvalue weighted by molar-refractivity contribution is 6.00. The van der Waals surface area contributed by atoms with E-state index in [1.807, 2.05) is 25.9 Å². The van der Waals surface area contributed by atoms with E-state index in [4.69, 9.17) is 8.94 Å². The number of rotatable bonds is 6. The highest BCUT2D eigenvalue weighted by Gasteiger charge is 2.16. The second-order valence-electron chi connectivity index (χ2n) is 5.78. The molecule has 126 valence electrons. The lowest BCUT2D eigenvalue weighted by molar-refractivity contribution is 0.0951. The van der Waals surface area contributed by atoms with Crippen LogP contribution >= 0.6 is 0 Å². The molecule has 7 nitrogen and oxygen atoms in total. The number of nitrogens with zero attached hydrogens (tertiary/aromatic N) is 3. The molecule has 1 N–H and O–H groups in total. The maximum atomic E-state index is 12.3. The van der Waals surface area contributed by atoms with Crippen LogP contribution < -0.4 is 5.32 Å². The van der Waals surface area contributed by atoms with Crippen LogP contribution in [-0.2, 0) is 6.42 Å². The van der Waals surface area contributed by atoms with E-state index < -0.39 is 0 Å². The highest BCUT2D eigenvalue weighted by atomic mass is 16.5. The number of hydrogen-bond acceptors (Lipinski definition) is 6. The van der Waals surface area contributed by atoms with E-state index in [0.717, 1.165) is 11.9 Å². The Bertz CT molecular complexity index is 851. The maximum absolute atomic E-state index is 12.3. The molecule has 0 unspecified atom stereocenters. The Kier molecular flexibility index (Phi) is 4.61. The third-order valence-electron chi connectivity index (χ3n) is 3.67. The van der Waals surface area contributed by atoms with E-state index in [1.165, 1.54) is 0 Å². The van der Waals surface area contributed by atoms with Crippen molar-refractivity contribution >= 4 is 16.9 Å². The number of oxazole rings is 1. The first-order valence-electron chi connectivity index (χ1n) is 7.85. The fraction of sp³-hybridized carbons (Fsp3) is 0.353. The van der Waals surface area contributed by atoms with Gasteiger partial charge in [-0.25, -0.2) is 4.98 Å². The van der Waals surface area contributed by atoms with E-state index in [2.05, 4.69) is 15.5 Å². The third kappa shape index (κ3) is 3.30. The van der Waals surface area contributed by atoms with Gasteiger partial charge in [0.1, 0.15) is 17.7 Å². The molecule has 0 saturated carbocycles. The highest BCUT2D eigenvalue weighted by Crippen LogP contribution is 2.28. The number of likely N-dealkylation sites (N-methyl/N-ethyl adjacent to an activating group) is 1. The van der Waals surface area contributed by atoms with Crippen molar-refractivity contribution < 1.29 is 13.7 Å². The summed E-state index contributed by atoms with van der Waals surface area (Å²) in [5.41, 5.74) is 2.35. The molecule has 0 atom stereocenters. The number of nitrogens with one attached hydrogen (secondary N) is 1. The van der Waals surface area contributed by atoms with Gasteiger partial charge >= 0.3 is 0 Å². The molecule has 0 fully saturated rings. The first kappa shape index (κ1) is 16.2. The van der Waals surface area contributed by atoms with Crippen molar-refractivity contribution in [1.29, 1.82) is 0 Å². The predicted octanol–water partition coefficient (Wildman–Crippen LogP) is 2.34. The average molecular weight is 328 g/mol. The normalized spacial score (nSPS) is 11.3. The molecule has 0 saturated heterocycles. The van der Waals surface area contributed by atoms with E-state index in [0.29, 0.717) is 41.4 Å². The molecule has 0 aliphatic rings. The number of carbonyl (C=O) groups is 1. The van der Waals surface area contributed by atoms with Crippen LogP contribution in [0, 0.1) is 0 Å². The van der Waals surface area contributed by atoms with Gasteiger partial charge in [-0.3, -0.25) is 4.79 Å². The molecule has 2 heterocycles. The molecule has 0 bridgehead atoms. The summed E-state index contributed by atoms with van der Waals surface area (Å²) in [5.74, 6) is 0.513. The number of amides is 1. The number of hydrogen-bond donors (Lipinski definition) is 1. The van der Waals surface area contributed by atoms with Gasteiger partial charge in [0.05, 0.1) is 5.39 Å². The van der Waals surface area contributed by atoms with Crippen LogP contribution in [0.25, 0.3) is 22.4 Å². The minimum Gasteiger partial charge on any atom is -0.448 e. The Labute approximate surface area is 139 Å². The predicted molar refractivity (Wildman–Crippen MR) is 89.8 cm³/mol. The van der Waals surface area contributed by atoms with Crippen LogP contribution in [0.15, 0.2) is 33.4 Å². The second kappa shape index (κ2) is 6.84. The van der Waals surface area contributed by atoms with E-state index >= 15 is 0 Å². The van der Waals surface area contributed by atoms with Gasteiger partial charge < -0.3 is 19.2 Å². The summed E-state index contributed by atoms with van der Waals surface area (Å²) in [4.78, 5) is 18.7. The Morgan fingerprint density at radius 2 is 2.17 bits per heavy atom. The van der Waals surface area contributed by atoms with Gasteiger partial charge in [0.2, 0.25) is 0 Å². The smallest absolute Gasteiger partial charge is 0.251 e. The molecule has 3 aromatic rings. The monoisotopic (exact) mass is 328 g/mol. The van der Waals surface area contributed by atoms with Gasteiger partial charge in [-0.15, -0.1) is 0 Å². The van der Waals surface area contributed by atoms with Gasteiger partial charge in [-0.05, 0) is 32.3 Å². The quantitative estimate of drug-likeness (QED) is 0.747. The average Bonchev–Trinajstić information content (AvgIpc) is 3.19. The molecule has 24 heavy (non-hydrogen) atoms. The number of carbonyl (C=O) groups excluding carboxylic acids is 1. The molecule has 7 heteroatoms. The summed E-state index contributed by atoms with van der Waals surface area (Å²) in [7, 11) is 3.92. The molecule has 3 rings (SSSR count). The first-order valence-corrected chi connectivity index (χ1v) is 7.85. The minimum absolute atomic E-state index is 0.125. The van der Waals surface area contributed by atoms with Gasteiger partial charge in [-0.1, -0.05) is 12.1 Å². The lowest BCUT2D eigenvalue weighted by atomic mass is 10.1. The van der Waals surface area contributed by atoms with E-state index in [9.17, 15) is 4.79 Å². The summed E-state index contributed by atoms with van der Waals surface area (Å²) in [5, 5.41) is 7.70. The summed E-state index contributed by atoms with van der Waals surface area (Å²) in [6.45, 7) is 3.33. The zero-order valence-corrected chi connectivity index (χ0v) is 14.0. The molecule has 0 aliphatic carbocycles. The van der Waals surface area contributed by atoms with Crippen LogP contribution in [0.2, 0.25) is 0 Å². The van der Waals surface area contributed by atoms with Crippen LogP contribution in [0.4, 0.5) is 0 Å². The summed E-state index contributed by atoms with van der Waals surface area (Å²) >= 11 is 0. The van der Waals surface area contributed by atoms with Gasteiger partial charge in [0.25, 0.3) is 5.91 Å². The first-order chi connectivity index (χ1) is 11.6. The number of aryl methyl sites for hydroxylation is 1. The van der Waals surface area contributed by atoms with Crippen LogP contribution in [0.3, 0.4) is 0 Å². The van der Waals surface area contributed by atoms with Crippen molar-refractivity contribution in [2.45, 2.75) is 13.3 Å². The van der Waals surface area contributed by atoms with Crippen molar-refractivity contribution in [2.75, 3.05) is 27.2 Å². The van der Waals surface area contributed by atoms with Crippen molar-refractivity contribution in [2.24, 2.45) is 0 Å². The lowest BCUT2D eigenvalue weighted by Crippen LogP contribution is -2.31. The fourth-order valence-electron chi connectivity index (χ4n) is 2.34. The SMILES string of the molecule is CCc1nc(-c2noc3ccc(C(=O)NCCN(C)C)cc23)co1. The Morgan fingerprint density at radius 3 is 2.88 bits per heavy atom. The number of benzene rings is 1. The molecule has 2 aromatic heterocycles. The summed E-state index contributed by atoms with van der Waals surface area (Å²) in [6, 6.07) is 5.24. The number of fused-ring (bicyclic) bond motifs is 1. The summed E-state index contributed by atoms with van der Waals surface area (Å²) < 4.78 is 10.7. The van der Waals surface area contributed by atoms with Crippen molar-refractivity contribution in [3.63, 3.8) is 0 Å². The third-order valence-corrected chi connectivity index (χ3v) is 3.67. The van der Waals surface area contributed by atoms with E-state index in [-0.39, 0.29) is 5.91 Å². The number of aromatic nitrogens is 2. The molecule has 0 radical (unpaired) electrons. The molecule has 1 amide bonds. The Hall–Kier alpha value is -2.67. The minimum atomic E-state index is -0.125. The van der Waals surface area contributed by atoms with Crippen LogP contribution in [-0.4, -0.2) is 48.1 Å². The van der Waals surface area contributed by atoms with Crippen LogP contribution in [0.5, 0.6) is 0 Å². The Balaban J connectivity index is 1.87. The zero-order chi connectivity index (χ0) is 17.1. The van der Waals surface area contributed by atoms with Gasteiger partial charge in [0.15, 0.2) is 11.5 Å². The Morgan fingerprint density at radius 1 is 1.33 bits per heavy atom. The molecular formula is C17H20N4O3. The van der Waals surface area contributed by atoms with Crippen LogP contribution in [0.1, 0.15) is 23.2 Å². The molecule has 1 aromatic carbocycles. The largest absolute Gasteiger partial charge is 0.448 e. The zero-order valence-electron chi connectivity index (χ0n) is 14.0. The van der Waals surface area contributed by atoms with Gasteiger partial charge in [0, 0.05) is 25.1 Å². The van der Waals surface area contributed by atoms with Gasteiger partial charge in [-0.2, -0.15) is 0 Å². The summed E-state index contributed by atoms with van der Waals surface area (Å²) in [6.07, 6.45) is 2.26. The molecule has 0 spiro atoms. The lowest BCUT2D eigenvalue weighted by Gasteiger charge is -2.10. The topological polar surface area (TPSA) is 84.4 Å². The molecular weight excluding hydrogens is 308 g/mol. The van der Waals surface area contributed by atoms with E-state index in [1.54, 1.807) is 24.5 Å². The van der Waals surface area contributed by atoms with Crippen molar-refractivity contribution in [1.82, 2.24) is 20.4 Å². The second-order valence-corrected chi connectivity index (χ2v) is 5.78. The molecule has 0 aliphatic heterocycles. The van der Waals surface area contributed by atoms with Crippen molar-refractivity contribution in [3.8, 4) is 11.4 Å².